The summed E-state index contributed by atoms with van der Waals surface area (Å²) in [5.74, 6) is 1.27. The molecule has 0 aliphatic carbocycles. The van der Waals surface area contributed by atoms with E-state index >= 15 is 0 Å². The van der Waals surface area contributed by atoms with E-state index in [1.807, 2.05) is 18.2 Å². The highest BCUT2D eigenvalue weighted by Crippen LogP contribution is 2.29. The maximum atomic E-state index is 5.30. The number of nitrogens with zero attached hydrogens (tertiary/aromatic N) is 1. The number of methoxy groups -OCH3 is 3. The van der Waals surface area contributed by atoms with Crippen LogP contribution in [0.3, 0.4) is 0 Å². The van der Waals surface area contributed by atoms with Crippen LogP contribution in [-0.2, 0) is 4.74 Å². The van der Waals surface area contributed by atoms with E-state index in [-0.39, 0.29) is 0 Å². The summed E-state index contributed by atoms with van der Waals surface area (Å²) in [5.41, 5.74) is 3.51. The van der Waals surface area contributed by atoms with E-state index in [1.165, 1.54) is 0 Å². The van der Waals surface area contributed by atoms with Gasteiger partial charge < -0.3 is 19.5 Å². The van der Waals surface area contributed by atoms with Gasteiger partial charge in [-0.05, 0) is 24.4 Å². The van der Waals surface area contributed by atoms with Crippen LogP contribution in [0.5, 0.6) is 11.5 Å². The number of benzene rings is 1. The number of hydrazone groups is 1. The minimum absolute atomic E-state index is 0.431. The van der Waals surface area contributed by atoms with Crippen LogP contribution in [0.2, 0.25) is 0 Å². The first-order valence-corrected chi connectivity index (χ1v) is 6.40. The molecule has 0 aromatic heterocycles. The van der Waals surface area contributed by atoms with Crippen molar-refractivity contribution in [2.45, 2.75) is 0 Å². The predicted molar refractivity (Wildman–Crippen MR) is 82.8 cm³/mol. The van der Waals surface area contributed by atoms with Gasteiger partial charge in [0.15, 0.2) is 16.6 Å². The van der Waals surface area contributed by atoms with Crippen molar-refractivity contribution in [3.63, 3.8) is 0 Å². The fourth-order valence-corrected chi connectivity index (χ4v) is 1.64. The van der Waals surface area contributed by atoms with Gasteiger partial charge >= 0.3 is 0 Å². The van der Waals surface area contributed by atoms with Crippen molar-refractivity contribution < 1.29 is 14.2 Å². The Hall–Kier alpha value is -1.86. The minimum atomic E-state index is 0.431. The fourth-order valence-electron chi connectivity index (χ4n) is 1.48. The summed E-state index contributed by atoms with van der Waals surface area (Å²) in [4.78, 5) is 0. The van der Waals surface area contributed by atoms with Gasteiger partial charge in [0.2, 0.25) is 0 Å². The van der Waals surface area contributed by atoms with Crippen molar-refractivity contribution in [3.8, 4) is 11.5 Å². The Labute approximate surface area is 124 Å². The van der Waals surface area contributed by atoms with Gasteiger partial charge in [-0.15, -0.1) is 0 Å². The van der Waals surface area contributed by atoms with Gasteiger partial charge in [-0.3, -0.25) is 5.43 Å². The van der Waals surface area contributed by atoms with Gasteiger partial charge in [0, 0.05) is 19.2 Å². The highest BCUT2D eigenvalue weighted by atomic mass is 32.1. The van der Waals surface area contributed by atoms with Gasteiger partial charge in [0.05, 0.1) is 27.0 Å². The molecule has 20 heavy (non-hydrogen) atoms. The summed E-state index contributed by atoms with van der Waals surface area (Å²) in [6.07, 6.45) is 1.62. The van der Waals surface area contributed by atoms with E-state index in [0.717, 1.165) is 5.56 Å². The monoisotopic (exact) mass is 297 g/mol. The highest BCUT2D eigenvalue weighted by molar-refractivity contribution is 7.80. The van der Waals surface area contributed by atoms with Gasteiger partial charge in [0.1, 0.15) is 0 Å². The second kappa shape index (κ2) is 9.11. The standard InChI is InChI=1S/C13H19N3O3S/c1-17-8-7-14-13(20)16-15-9-10-5-4-6-11(18-2)12(10)19-3/h4-6,9H,7-8H2,1-3H3,(H2,14,16,20)/b15-9-. The molecule has 0 saturated heterocycles. The van der Waals surface area contributed by atoms with E-state index < -0.39 is 0 Å². The van der Waals surface area contributed by atoms with E-state index in [0.29, 0.717) is 29.8 Å². The van der Waals surface area contributed by atoms with Crippen LogP contribution < -0.4 is 20.2 Å². The zero-order valence-corrected chi connectivity index (χ0v) is 12.6. The summed E-state index contributed by atoms with van der Waals surface area (Å²) in [6.45, 7) is 1.20. The third-order valence-electron chi connectivity index (χ3n) is 2.39. The molecule has 0 saturated carbocycles. The average Bonchev–Trinajstić information content (AvgIpc) is 2.47. The first-order valence-electron chi connectivity index (χ1n) is 5.99. The summed E-state index contributed by atoms with van der Waals surface area (Å²) >= 11 is 5.05. The largest absolute Gasteiger partial charge is 0.493 e. The number of rotatable bonds is 7. The summed E-state index contributed by atoms with van der Waals surface area (Å²) in [6, 6.07) is 5.55. The molecule has 0 amide bonds. The third kappa shape index (κ3) is 5.02. The third-order valence-corrected chi connectivity index (χ3v) is 2.63. The van der Waals surface area contributed by atoms with E-state index in [2.05, 4.69) is 15.8 Å². The molecule has 6 nitrogen and oxygen atoms in total. The molecule has 0 aliphatic rings. The summed E-state index contributed by atoms with van der Waals surface area (Å²) in [5, 5.41) is 7.43. The van der Waals surface area contributed by atoms with Gasteiger partial charge in [-0.25, -0.2) is 0 Å². The molecular formula is C13H19N3O3S. The topological polar surface area (TPSA) is 64.1 Å². The number of hydrogen-bond donors (Lipinski definition) is 2. The fraction of sp³-hybridized carbons (Fsp3) is 0.385. The maximum Gasteiger partial charge on any atom is 0.187 e. The van der Waals surface area contributed by atoms with Crippen LogP contribution in [0.1, 0.15) is 5.56 Å². The lowest BCUT2D eigenvalue weighted by Crippen LogP contribution is -2.34. The zero-order chi connectivity index (χ0) is 14.8. The van der Waals surface area contributed by atoms with Crippen LogP contribution in [0.4, 0.5) is 0 Å². The minimum Gasteiger partial charge on any atom is -0.493 e. The Morgan fingerprint density at radius 3 is 2.75 bits per heavy atom. The summed E-state index contributed by atoms with van der Waals surface area (Å²) < 4.78 is 15.4. The molecule has 1 aromatic rings. The second-order valence-electron chi connectivity index (χ2n) is 3.70. The first kappa shape index (κ1) is 16.2. The molecule has 0 aliphatic heterocycles. The van der Waals surface area contributed by atoms with Crippen molar-refractivity contribution in [2.24, 2.45) is 5.10 Å². The zero-order valence-electron chi connectivity index (χ0n) is 11.8. The molecule has 0 bridgehead atoms. The molecule has 0 atom stereocenters. The molecule has 0 fully saturated rings. The lowest BCUT2D eigenvalue weighted by Gasteiger charge is -2.09. The van der Waals surface area contributed by atoms with Crippen LogP contribution in [-0.4, -0.2) is 45.8 Å². The highest BCUT2D eigenvalue weighted by Gasteiger charge is 2.07. The number of ether oxygens (including phenoxy) is 3. The molecule has 2 N–H and O–H groups in total. The number of nitrogens with one attached hydrogen (secondary N) is 2. The van der Waals surface area contributed by atoms with Crippen molar-refractivity contribution in [3.05, 3.63) is 23.8 Å². The van der Waals surface area contributed by atoms with Gasteiger partial charge in [0.25, 0.3) is 0 Å². The van der Waals surface area contributed by atoms with E-state index in [1.54, 1.807) is 27.5 Å². The van der Waals surface area contributed by atoms with E-state index in [4.69, 9.17) is 26.4 Å². The normalized spacial score (nSPS) is 10.3. The van der Waals surface area contributed by atoms with Crippen LogP contribution >= 0.6 is 12.2 Å². The van der Waals surface area contributed by atoms with Gasteiger partial charge in [-0.2, -0.15) is 5.10 Å². The molecule has 1 aromatic carbocycles. The van der Waals surface area contributed by atoms with Crippen molar-refractivity contribution >= 4 is 23.5 Å². The molecule has 110 valence electrons. The lowest BCUT2D eigenvalue weighted by molar-refractivity contribution is 0.204. The SMILES string of the molecule is COCCNC(=S)N/N=C\c1cccc(OC)c1OC. The Kier molecular flexibility index (Phi) is 7.38. The molecular weight excluding hydrogens is 278 g/mol. The second-order valence-corrected chi connectivity index (χ2v) is 4.11. The molecule has 0 unspecified atom stereocenters. The smallest absolute Gasteiger partial charge is 0.187 e. The van der Waals surface area contributed by atoms with Crippen molar-refractivity contribution in [1.29, 1.82) is 0 Å². The number of hydrogen-bond acceptors (Lipinski definition) is 5. The first-order chi connectivity index (χ1) is 9.72. The van der Waals surface area contributed by atoms with Crippen LogP contribution in [0.15, 0.2) is 23.3 Å². The van der Waals surface area contributed by atoms with Crippen LogP contribution in [0.25, 0.3) is 0 Å². The van der Waals surface area contributed by atoms with Crippen molar-refractivity contribution in [2.75, 3.05) is 34.5 Å². The Morgan fingerprint density at radius 1 is 1.30 bits per heavy atom. The van der Waals surface area contributed by atoms with Crippen molar-refractivity contribution in [1.82, 2.24) is 10.7 Å². The maximum absolute atomic E-state index is 5.30. The predicted octanol–water partition coefficient (Wildman–Crippen LogP) is 1.15. The van der Waals surface area contributed by atoms with E-state index in [9.17, 15) is 0 Å². The summed E-state index contributed by atoms with van der Waals surface area (Å²) in [7, 11) is 4.80. The Bertz CT molecular complexity index is 466. The average molecular weight is 297 g/mol. The number of thiocarbonyl (C=S) groups is 1. The Balaban J connectivity index is 2.60. The quantitative estimate of drug-likeness (QED) is 0.341. The molecule has 1 rings (SSSR count). The lowest BCUT2D eigenvalue weighted by atomic mass is 10.2. The molecule has 0 heterocycles. The van der Waals surface area contributed by atoms with Gasteiger partial charge in [-0.1, -0.05) is 6.07 Å². The molecule has 0 spiro atoms. The van der Waals surface area contributed by atoms with Crippen LogP contribution in [0, 0.1) is 0 Å². The number of para-hydroxylation sites is 1. The molecule has 0 radical (unpaired) electrons. The Morgan fingerprint density at radius 2 is 2.10 bits per heavy atom. The molecule has 7 heteroatoms.